The van der Waals surface area contributed by atoms with E-state index in [1.807, 2.05) is 19.1 Å². The van der Waals surface area contributed by atoms with E-state index in [-0.39, 0.29) is 11.4 Å². The molecule has 1 aromatic heterocycles. The summed E-state index contributed by atoms with van der Waals surface area (Å²) < 4.78 is 44.5. The Morgan fingerprint density at radius 3 is 2.62 bits per heavy atom. The Morgan fingerprint density at radius 1 is 1.31 bits per heavy atom. The van der Waals surface area contributed by atoms with Crippen molar-refractivity contribution in [3.05, 3.63) is 53.9 Å². The van der Waals surface area contributed by atoms with Gasteiger partial charge in [-0.05, 0) is 58.0 Å². The number of amides is 1. The van der Waals surface area contributed by atoms with Crippen LogP contribution >= 0.6 is 0 Å². The van der Waals surface area contributed by atoms with Gasteiger partial charge in [0, 0.05) is 24.0 Å². The standard InChI is InChI=1S/C21H27N3O7S/c1-14-12-24(19(21(3,4)31-14)30-20(25)23-26)32(27,28)18-9-7-17(8-10-18)29-13-16-6-5-11-22-15(16)2/h5-11,14,19,26H,12-13H2,1-4H3,(H,23,25)/t14-,19+/m0/s1. The maximum atomic E-state index is 13.4. The molecule has 174 valence electrons. The number of nitrogens with one attached hydrogen (secondary N) is 1. The van der Waals surface area contributed by atoms with Crippen molar-refractivity contribution in [3.63, 3.8) is 0 Å². The first kappa shape index (κ1) is 23.9. The van der Waals surface area contributed by atoms with Gasteiger partial charge in [-0.3, -0.25) is 10.2 Å². The molecule has 1 saturated heterocycles. The summed E-state index contributed by atoms with van der Waals surface area (Å²) in [5, 5.41) is 8.82. The third kappa shape index (κ3) is 5.18. The Labute approximate surface area is 187 Å². The summed E-state index contributed by atoms with van der Waals surface area (Å²) in [4.78, 5) is 15.8. The summed E-state index contributed by atoms with van der Waals surface area (Å²) in [6.45, 7) is 7.09. The van der Waals surface area contributed by atoms with Gasteiger partial charge in [0.1, 0.15) is 18.0 Å². The highest BCUT2D eigenvalue weighted by Gasteiger charge is 2.49. The first-order valence-electron chi connectivity index (χ1n) is 9.98. The molecule has 0 unspecified atom stereocenters. The summed E-state index contributed by atoms with van der Waals surface area (Å²) in [6.07, 6.45) is -1.22. The molecule has 32 heavy (non-hydrogen) atoms. The van der Waals surface area contributed by atoms with E-state index in [4.69, 9.17) is 19.4 Å². The number of benzene rings is 1. The summed E-state index contributed by atoms with van der Waals surface area (Å²) in [5.74, 6) is 0.496. The fourth-order valence-corrected chi connectivity index (χ4v) is 5.24. The van der Waals surface area contributed by atoms with Crippen LogP contribution in [0, 0.1) is 6.92 Å². The van der Waals surface area contributed by atoms with Crippen LogP contribution in [-0.2, 0) is 26.1 Å². The molecular formula is C21H27N3O7S. The molecule has 2 N–H and O–H groups in total. The van der Waals surface area contributed by atoms with Crippen LogP contribution in [0.15, 0.2) is 47.5 Å². The SMILES string of the molecule is Cc1ncccc1COc1ccc(S(=O)(=O)N2C[C@H](C)OC(C)(C)[C@H]2OC(=O)NO)cc1. The topological polar surface area (TPSA) is 127 Å². The highest BCUT2D eigenvalue weighted by Crippen LogP contribution is 2.33. The molecule has 2 atom stereocenters. The van der Waals surface area contributed by atoms with Gasteiger partial charge in [-0.2, -0.15) is 4.31 Å². The molecule has 0 bridgehead atoms. The highest BCUT2D eigenvalue weighted by atomic mass is 32.2. The molecule has 0 saturated carbocycles. The zero-order valence-electron chi connectivity index (χ0n) is 18.3. The van der Waals surface area contributed by atoms with E-state index >= 15 is 0 Å². The van der Waals surface area contributed by atoms with Crippen LogP contribution in [0.25, 0.3) is 0 Å². The number of pyridine rings is 1. The van der Waals surface area contributed by atoms with Crippen LogP contribution in [0.3, 0.4) is 0 Å². The van der Waals surface area contributed by atoms with E-state index in [1.54, 1.807) is 39.1 Å². The van der Waals surface area contributed by atoms with Gasteiger partial charge in [0.25, 0.3) is 0 Å². The Bertz CT molecular complexity index is 1060. The van der Waals surface area contributed by atoms with Crippen molar-refractivity contribution < 1.29 is 32.6 Å². The Morgan fingerprint density at radius 2 is 2.00 bits per heavy atom. The number of carbonyl (C=O) groups excluding carboxylic acids is 1. The zero-order chi connectivity index (χ0) is 23.5. The summed E-state index contributed by atoms with van der Waals surface area (Å²) >= 11 is 0. The van der Waals surface area contributed by atoms with E-state index in [1.165, 1.54) is 17.6 Å². The van der Waals surface area contributed by atoms with Crippen molar-refractivity contribution in [1.29, 1.82) is 0 Å². The van der Waals surface area contributed by atoms with Crippen LogP contribution in [-0.4, -0.2) is 53.5 Å². The molecule has 0 aliphatic carbocycles. The lowest BCUT2D eigenvalue weighted by molar-refractivity contribution is -0.205. The largest absolute Gasteiger partial charge is 0.489 e. The van der Waals surface area contributed by atoms with E-state index in [0.717, 1.165) is 15.6 Å². The number of carbonyl (C=O) groups is 1. The van der Waals surface area contributed by atoms with Gasteiger partial charge in [-0.25, -0.2) is 18.7 Å². The molecule has 2 heterocycles. The van der Waals surface area contributed by atoms with E-state index in [0.29, 0.717) is 12.4 Å². The minimum atomic E-state index is -4.06. The van der Waals surface area contributed by atoms with Crippen molar-refractivity contribution in [2.24, 2.45) is 0 Å². The summed E-state index contributed by atoms with van der Waals surface area (Å²) in [6, 6.07) is 9.70. The van der Waals surface area contributed by atoms with Crippen molar-refractivity contribution in [1.82, 2.24) is 14.8 Å². The second-order valence-corrected chi connectivity index (χ2v) is 9.87. The fourth-order valence-electron chi connectivity index (χ4n) is 3.54. The molecule has 1 aliphatic rings. The number of nitrogens with zero attached hydrogens (tertiary/aromatic N) is 2. The predicted molar refractivity (Wildman–Crippen MR) is 113 cm³/mol. The molecule has 3 rings (SSSR count). The molecule has 10 nitrogen and oxygen atoms in total. The Kier molecular flexibility index (Phi) is 7.03. The van der Waals surface area contributed by atoms with Gasteiger partial charge >= 0.3 is 6.09 Å². The maximum absolute atomic E-state index is 13.4. The number of hydrogen-bond acceptors (Lipinski definition) is 8. The minimum absolute atomic E-state index is 0.00492. The lowest BCUT2D eigenvalue weighted by atomic mass is 10.0. The Hall–Kier alpha value is -2.73. The molecule has 11 heteroatoms. The van der Waals surface area contributed by atoms with Gasteiger partial charge in [0.15, 0.2) is 6.23 Å². The number of ether oxygens (including phenoxy) is 3. The first-order chi connectivity index (χ1) is 15.0. The van der Waals surface area contributed by atoms with Gasteiger partial charge in [-0.1, -0.05) is 6.07 Å². The number of hydrogen-bond donors (Lipinski definition) is 2. The van der Waals surface area contributed by atoms with E-state index < -0.39 is 34.0 Å². The Balaban J connectivity index is 1.81. The van der Waals surface area contributed by atoms with Crippen molar-refractivity contribution >= 4 is 16.1 Å². The number of hydroxylamine groups is 1. The quantitative estimate of drug-likeness (QED) is 0.492. The number of aryl methyl sites for hydroxylation is 1. The molecule has 1 aliphatic heterocycles. The first-order valence-corrected chi connectivity index (χ1v) is 11.4. The summed E-state index contributed by atoms with van der Waals surface area (Å²) in [5.41, 5.74) is 1.98. The van der Waals surface area contributed by atoms with Gasteiger partial charge in [0.05, 0.1) is 11.0 Å². The smallest absolute Gasteiger partial charge is 0.432 e. The highest BCUT2D eigenvalue weighted by molar-refractivity contribution is 7.89. The monoisotopic (exact) mass is 465 g/mol. The van der Waals surface area contributed by atoms with Gasteiger partial charge in [0.2, 0.25) is 10.0 Å². The third-order valence-electron chi connectivity index (χ3n) is 5.05. The molecule has 1 fully saturated rings. The third-order valence-corrected chi connectivity index (χ3v) is 6.88. The molecule has 1 amide bonds. The van der Waals surface area contributed by atoms with E-state index in [9.17, 15) is 13.2 Å². The lowest BCUT2D eigenvalue weighted by Gasteiger charge is -2.46. The van der Waals surface area contributed by atoms with Crippen molar-refractivity contribution in [2.75, 3.05) is 6.54 Å². The van der Waals surface area contributed by atoms with Gasteiger partial charge in [-0.15, -0.1) is 0 Å². The second kappa shape index (κ2) is 9.41. The normalized spacial score (nSPS) is 21.0. The molecule has 2 aromatic rings. The maximum Gasteiger partial charge on any atom is 0.432 e. The molecular weight excluding hydrogens is 438 g/mol. The average molecular weight is 466 g/mol. The number of rotatable bonds is 6. The predicted octanol–water partition coefficient (Wildman–Crippen LogP) is 2.60. The lowest BCUT2D eigenvalue weighted by Crippen LogP contribution is -2.62. The van der Waals surface area contributed by atoms with Crippen LogP contribution in [0.1, 0.15) is 32.0 Å². The van der Waals surface area contributed by atoms with Gasteiger partial charge < -0.3 is 14.2 Å². The number of sulfonamides is 1. The van der Waals surface area contributed by atoms with Crippen LogP contribution in [0.2, 0.25) is 0 Å². The van der Waals surface area contributed by atoms with E-state index in [2.05, 4.69) is 4.98 Å². The summed E-state index contributed by atoms with van der Waals surface area (Å²) in [7, 11) is -4.06. The second-order valence-electron chi connectivity index (χ2n) is 7.98. The van der Waals surface area contributed by atoms with Crippen LogP contribution in [0.5, 0.6) is 5.75 Å². The van der Waals surface area contributed by atoms with Crippen LogP contribution < -0.4 is 10.2 Å². The average Bonchev–Trinajstić information content (AvgIpc) is 2.74. The number of morpholine rings is 1. The number of aromatic nitrogens is 1. The minimum Gasteiger partial charge on any atom is -0.489 e. The molecule has 0 radical (unpaired) electrons. The van der Waals surface area contributed by atoms with Crippen molar-refractivity contribution in [2.45, 2.75) is 57.1 Å². The fraction of sp³-hybridized carbons (Fsp3) is 0.429. The van der Waals surface area contributed by atoms with Crippen molar-refractivity contribution in [3.8, 4) is 5.75 Å². The zero-order valence-corrected chi connectivity index (χ0v) is 19.1. The molecule has 1 aromatic carbocycles. The molecule has 0 spiro atoms. The van der Waals surface area contributed by atoms with Crippen LogP contribution in [0.4, 0.5) is 4.79 Å².